The molecule has 0 aliphatic rings. The number of carbonyl (C=O) groups excluding carboxylic acids is 1. The lowest BCUT2D eigenvalue weighted by Crippen LogP contribution is -2.47. The molecule has 0 saturated heterocycles. The Bertz CT molecular complexity index is 450. The Hall–Kier alpha value is -1.31. The van der Waals surface area contributed by atoms with E-state index < -0.39 is 18.1 Å². The van der Waals surface area contributed by atoms with E-state index in [-0.39, 0.29) is 17.1 Å². The molecule has 1 N–H and O–H groups in total. The van der Waals surface area contributed by atoms with Crippen LogP contribution in [0.2, 0.25) is 0 Å². The molecule has 1 aromatic carbocycles. The average molecular weight is 391 g/mol. The van der Waals surface area contributed by atoms with Gasteiger partial charge in [0.1, 0.15) is 12.6 Å². The van der Waals surface area contributed by atoms with Crippen molar-refractivity contribution in [1.82, 2.24) is 4.90 Å². The number of carboxylic acids is 1. The lowest BCUT2D eigenvalue weighted by atomic mass is 10.0. The van der Waals surface area contributed by atoms with Gasteiger partial charge in [0.25, 0.3) is 0 Å². The van der Waals surface area contributed by atoms with E-state index in [1.54, 1.807) is 13.8 Å². The highest BCUT2D eigenvalue weighted by molar-refractivity contribution is 14.1. The Balaban J connectivity index is 2.69. The van der Waals surface area contributed by atoms with E-state index in [4.69, 9.17) is 4.74 Å². The van der Waals surface area contributed by atoms with Crippen LogP contribution in [0.5, 0.6) is 0 Å². The zero-order valence-electron chi connectivity index (χ0n) is 11.5. The minimum atomic E-state index is -1.02. The van der Waals surface area contributed by atoms with Crippen molar-refractivity contribution >= 4 is 34.7 Å². The molecule has 1 aromatic rings. The third-order valence-corrected chi connectivity index (χ3v) is 3.52. The van der Waals surface area contributed by atoms with Crippen LogP contribution >= 0.6 is 22.6 Å². The summed E-state index contributed by atoms with van der Waals surface area (Å²) < 4.78 is 5.45. The molecule has 0 aliphatic carbocycles. The highest BCUT2D eigenvalue weighted by Gasteiger charge is 2.32. The first-order chi connectivity index (χ1) is 9.47. The van der Waals surface area contributed by atoms with Gasteiger partial charge in [0.05, 0.1) is 4.55 Å². The second-order valence-electron chi connectivity index (χ2n) is 4.66. The molecule has 1 amide bonds. The maximum atomic E-state index is 12.0. The molecule has 0 aliphatic heterocycles. The Morgan fingerprint density at radius 2 is 1.90 bits per heavy atom. The molecule has 20 heavy (non-hydrogen) atoms. The second kappa shape index (κ2) is 8.08. The quantitative estimate of drug-likeness (QED) is 0.460. The molecule has 0 aromatic heterocycles. The van der Waals surface area contributed by atoms with Crippen LogP contribution in [0.3, 0.4) is 0 Å². The highest BCUT2D eigenvalue weighted by Crippen LogP contribution is 2.15. The zero-order chi connectivity index (χ0) is 15.1. The van der Waals surface area contributed by atoms with Crippen molar-refractivity contribution in [2.45, 2.75) is 26.5 Å². The van der Waals surface area contributed by atoms with E-state index in [9.17, 15) is 14.7 Å². The lowest BCUT2D eigenvalue weighted by Gasteiger charge is -2.28. The van der Waals surface area contributed by atoms with Gasteiger partial charge in [-0.1, -0.05) is 66.8 Å². The number of rotatable bonds is 6. The zero-order valence-corrected chi connectivity index (χ0v) is 13.6. The first-order valence-electron chi connectivity index (χ1n) is 6.23. The van der Waals surface area contributed by atoms with Crippen LogP contribution in [0.4, 0.5) is 4.79 Å². The van der Waals surface area contributed by atoms with Crippen LogP contribution in [0, 0.1) is 5.92 Å². The van der Waals surface area contributed by atoms with E-state index in [1.165, 1.54) is 4.90 Å². The Morgan fingerprint density at radius 1 is 1.30 bits per heavy atom. The molecule has 6 heteroatoms. The molecule has 0 radical (unpaired) electrons. The van der Waals surface area contributed by atoms with Crippen molar-refractivity contribution in [2.24, 2.45) is 5.92 Å². The third kappa shape index (κ3) is 4.66. The van der Waals surface area contributed by atoms with Gasteiger partial charge in [-0.3, -0.25) is 4.90 Å². The number of aliphatic carboxylic acids is 1. The number of carboxylic acid groups (broad SMARTS) is 1. The van der Waals surface area contributed by atoms with Gasteiger partial charge in [0, 0.05) is 0 Å². The van der Waals surface area contributed by atoms with Crippen molar-refractivity contribution in [1.29, 1.82) is 0 Å². The van der Waals surface area contributed by atoms with Gasteiger partial charge >= 0.3 is 12.1 Å². The average Bonchev–Trinajstić information content (AvgIpc) is 2.42. The summed E-state index contributed by atoms with van der Waals surface area (Å²) in [4.78, 5) is 24.5. The van der Waals surface area contributed by atoms with Crippen molar-refractivity contribution in [3.8, 4) is 0 Å². The van der Waals surface area contributed by atoms with E-state index in [0.717, 1.165) is 5.56 Å². The lowest BCUT2D eigenvalue weighted by molar-refractivity contribution is -0.144. The van der Waals surface area contributed by atoms with Crippen LogP contribution in [0.25, 0.3) is 0 Å². The molecule has 0 saturated carbocycles. The number of halogens is 1. The summed E-state index contributed by atoms with van der Waals surface area (Å²) in [5.74, 6) is -1.21. The molecular formula is C14H18INO4. The molecule has 5 nitrogen and oxygen atoms in total. The highest BCUT2D eigenvalue weighted by atomic mass is 127. The Morgan fingerprint density at radius 3 is 2.35 bits per heavy atom. The number of nitrogens with zero attached hydrogens (tertiary/aromatic N) is 1. The molecular weight excluding hydrogens is 373 g/mol. The van der Waals surface area contributed by atoms with E-state index in [2.05, 4.69) is 0 Å². The molecule has 1 rings (SSSR count). The monoisotopic (exact) mass is 391 g/mol. The van der Waals surface area contributed by atoms with E-state index in [1.807, 2.05) is 52.9 Å². The second-order valence-corrected chi connectivity index (χ2v) is 5.34. The number of amides is 1. The first-order valence-corrected chi connectivity index (χ1v) is 7.76. The van der Waals surface area contributed by atoms with Gasteiger partial charge in [-0.2, -0.15) is 0 Å². The van der Waals surface area contributed by atoms with Crippen LogP contribution in [0.15, 0.2) is 30.3 Å². The summed E-state index contributed by atoms with van der Waals surface area (Å²) in [5.41, 5.74) is 0.866. The predicted octanol–water partition coefficient (Wildman–Crippen LogP) is 3.13. The van der Waals surface area contributed by atoms with Crippen LogP contribution in [-0.2, 0) is 16.1 Å². The fourth-order valence-corrected chi connectivity index (χ4v) is 2.52. The van der Waals surface area contributed by atoms with Crippen molar-refractivity contribution < 1.29 is 19.4 Å². The molecule has 0 fully saturated rings. The maximum absolute atomic E-state index is 12.0. The molecule has 0 bridgehead atoms. The molecule has 0 heterocycles. The summed E-state index contributed by atoms with van der Waals surface area (Å²) in [6.07, 6.45) is -0.607. The van der Waals surface area contributed by atoms with Crippen LogP contribution in [0.1, 0.15) is 19.4 Å². The van der Waals surface area contributed by atoms with Crippen LogP contribution in [-0.4, -0.2) is 32.7 Å². The minimum absolute atomic E-state index is 0.136. The van der Waals surface area contributed by atoms with Gasteiger partial charge in [0.2, 0.25) is 0 Å². The Kier molecular flexibility index (Phi) is 6.77. The van der Waals surface area contributed by atoms with Gasteiger partial charge < -0.3 is 9.84 Å². The summed E-state index contributed by atoms with van der Waals surface area (Å²) >= 11 is 1.96. The van der Waals surface area contributed by atoms with Crippen molar-refractivity contribution in [2.75, 3.05) is 4.55 Å². The van der Waals surface area contributed by atoms with Gasteiger partial charge in [-0.25, -0.2) is 9.59 Å². The number of hydrogen-bond donors (Lipinski definition) is 1. The van der Waals surface area contributed by atoms with Gasteiger partial charge in [0.15, 0.2) is 0 Å². The first kappa shape index (κ1) is 16.7. The SMILES string of the molecule is CC(C)[C@@H](C(=O)O)N(CI)C(=O)OCc1ccccc1. The molecule has 0 spiro atoms. The smallest absolute Gasteiger partial charge is 0.411 e. The molecule has 0 unspecified atom stereocenters. The predicted molar refractivity (Wildman–Crippen MR) is 83.6 cm³/mol. The topological polar surface area (TPSA) is 66.8 Å². The van der Waals surface area contributed by atoms with E-state index >= 15 is 0 Å². The van der Waals surface area contributed by atoms with E-state index in [0.29, 0.717) is 0 Å². The number of ether oxygens (including phenoxy) is 1. The summed E-state index contributed by atoms with van der Waals surface area (Å²) in [6.45, 7) is 3.67. The van der Waals surface area contributed by atoms with Gasteiger partial charge in [-0.15, -0.1) is 0 Å². The summed E-state index contributed by atoms with van der Waals surface area (Å²) in [5, 5.41) is 9.23. The number of carbonyl (C=O) groups is 2. The fourth-order valence-electron chi connectivity index (χ4n) is 1.82. The number of alkyl halides is 1. The molecule has 110 valence electrons. The van der Waals surface area contributed by atoms with Crippen LogP contribution < -0.4 is 0 Å². The summed E-state index contributed by atoms with van der Waals surface area (Å²) in [6, 6.07) is 8.40. The van der Waals surface area contributed by atoms with Gasteiger partial charge in [-0.05, 0) is 11.5 Å². The fraction of sp³-hybridized carbons (Fsp3) is 0.429. The summed E-state index contributed by atoms with van der Waals surface area (Å²) in [7, 11) is 0. The standard InChI is InChI=1S/C14H18INO4/c1-10(2)12(13(17)18)16(9-15)14(19)20-8-11-6-4-3-5-7-11/h3-7,10,12H,8-9H2,1-2H3,(H,17,18)/t12-/m0/s1. The third-order valence-electron chi connectivity index (χ3n) is 2.79. The van der Waals surface area contributed by atoms with Crippen molar-refractivity contribution in [3.05, 3.63) is 35.9 Å². The largest absolute Gasteiger partial charge is 0.480 e. The number of hydrogen-bond acceptors (Lipinski definition) is 3. The normalized spacial score (nSPS) is 12.0. The Labute approximate surface area is 132 Å². The van der Waals surface area contributed by atoms with Crippen molar-refractivity contribution in [3.63, 3.8) is 0 Å². The molecule has 1 atom stereocenters. The number of benzene rings is 1. The maximum Gasteiger partial charge on any atom is 0.411 e. The minimum Gasteiger partial charge on any atom is -0.480 e.